The van der Waals surface area contributed by atoms with Gasteiger partial charge in [0.1, 0.15) is 107 Å². The molecule has 0 radical (unpaired) electrons. The van der Waals surface area contributed by atoms with Crippen molar-refractivity contribution in [3.05, 3.63) is 117 Å². The third kappa shape index (κ3) is 17.5. The van der Waals surface area contributed by atoms with Crippen LogP contribution >= 0.6 is 23.2 Å². The summed E-state index contributed by atoms with van der Waals surface area (Å²) in [4.78, 5) is 122. The molecule has 0 aromatic heterocycles. The van der Waals surface area contributed by atoms with Gasteiger partial charge in [-0.3, -0.25) is 38.6 Å². The van der Waals surface area contributed by atoms with Crippen molar-refractivity contribution in [1.29, 1.82) is 0 Å². The highest BCUT2D eigenvalue weighted by atomic mass is 35.5. The Morgan fingerprint density at radius 3 is 1.91 bits per heavy atom. The second-order valence-electron chi connectivity index (χ2n) is 27.1. The number of aliphatic imine (C=N–C) groups is 1. The predicted octanol–water partition coefficient (Wildman–Crippen LogP) is -2.10. The van der Waals surface area contributed by atoms with E-state index in [1.54, 1.807) is 20.8 Å². The fourth-order valence-corrected chi connectivity index (χ4v) is 13.1. The number of phenolic OH excluding ortho intramolecular Hbond substituents is 3. The number of aliphatic hydroxyl groups is 6. The van der Waals surface area contributed by atoms with Crippen LogP contribution in [0.5, 0.6) is 46.0 Å². The first kappa shape index (κ1) is 79.9. The summed E-state index contributed by atoms with van der Waals surface area (Å²) in [5.41, 5.74) is 5.90. The summed E-state index contributed by atoms with van der Waals surface area (Å²) in [6.07, 6.45) is -16.7. The van der Waals surface area contributed by atoms with Crippen LogP contribution in [0, 0.1) is 11.8 Å². The number of nitrogens with one attached hydrogen (secondary N) is 6. The van der Waals surface area contributed by atoms with Crippen molar-refractivity contribution in [2.45, 2.75) is 170 Å². The van der Waals surface area contributed by atoms with E-state index in [2.05, 4.69) is 42.6 Å². The number of halogens is 3. The number of aliphatic carboxylic acids is 1. The Kier molecular flexibility index (Phi) is 24.9. The molecule has 36 heteroatoms. The van der Waals surface area contributed by atoms with Crippen molar-refractivity contribution in [3.8, 4) is 57.1 Å². The summed E-state index contributed by atoms with van der Waals surface area (Å²) < 4.78 is 38.5. The molecule has 105 heavy (non-hydrogen) atoms. The fraction of sp³-hybridized carbons (Fsp3) is 0.435. The number of hydrogen-bond donors (Lipinski definition) is 18. The van der Waals surface area contributed by atoms with Crippen LogP contribution in [-0.2, 0) is 52.6 Å². The lowest BCUT2D eigenvalue weighted by Crippen LogP contribution is -3.00. The number of aliphatic hydroxyl groups excluding tert-OH is 6. The smallest absolute Gasteiger partial charge is 0.330 e. The number of hydrogen-bond acceptors (Lipinski definition) is 24. The molecule has 11 bridgehead atoms. The monoisotopic (exact) mass is 1520 g/mol. The van der Waals surface area contributed by atoms with Gasteiger partial charge in [0.15, 0.2) is 29.9 Å². The average Bonchev–Trinajstić information content (AvgIpc) is 0.767. The third-order valence-corrected chi connectivity index (χ3v) is 18.6. The van der Waals surface area contributed by atoms with Crippen molar-refractivity contribution in [3.63, 3.8) is 0 Å². The highest BCUT2D eigenvalue weighted by molar-refractivity contribution is 6.32. The molecule has 7 aliphatic heterocycles. The zero-order valence-corrected chi connectivity index (χ0v) is 59.2. The van der Waals surface area contributed by atoms with Crippen LogP contribution in [0.3, 0.4) is 0 Å². The summed E-state index contributed by atoms with van der Waals surface area (Å²) in [6, 6.07) is -0.858. The number of ether oxygens (including phenoxy) is 6. The molecule has 5 aromatic carbocycles. The molecule has 12 rings (SSSR count). The maximum absolute atomic E-state index is 16.1. The Morgan fingerprint density at radius 1 is 0.733 bits per heavy atom. The third-order valence-electron chi connectivity index (χ3n) is 18.0. The molecule has 0 saturated carbocycles. The standard InChI is InChI=1S/C69H79Cl2N9O24.ClH/c1-25(2)13-37(74-23-26(3)4)61(91)79-52-54(86)29-8-11-41(35(70)15-29)100-43-17-31-18-44(58(43)104-68-59(57(89)56(88)45(24-81)102-68)103-47-22-69(6,73)60(90)27(5)99-47)101-42-12-9-30(16-36(42)71)55(87)53-66(96)78-51(67(97)98)34-19-32(82)20-40(84)48(34)33-14-28(7-10-39(33)83)49(63(93)80-53)77-64(94)50(31)76-62(92)38(21-46(72)85)75-65(52)95;/h7-12,14-20,23,25-27,37-38,45,47,49-57,59-60,68,81-84,86-90H,13,21-22,24,73H2,1-6H3,(H2,72,85)(H,75,95)(H,76,92)(H,77,94)(H,78,96)(H,79,91)(H,80,93)(H,97,98);1H/t27-,37+,38-,45+,47-,49+,50-,51-,52+,53-,54+,55+,56+,57-,59+,60+,68-,69-;/m0./s1. The summed E-state index contributed by atoms with van der Waals surface area (Å²) in [5.74, 6) is -16.2. The normalized spacial score (nSPS) is 28.8. The molecule has 7 amide bonds. The van der Waals surface area contributed by atoms with Gasteiger partial charge < -0.3 is 135 Å². The van der Waals surface area contributed by atoms with Crippen LogP contribution < -0.4 is 70.0 Å². The van der Waals surface area contributed by atoms with Gasteiger partial charge in [-0.05, 0) is 109 Å². The van der Waals surface area contributed by atoms with Crippen LogP contribution in [0.1, 0.15) is 119 Å². The minimum Gasteiger partial charge on any atom is -1.00 e. The molecule has 7 aliphatic rings. The van der Waals surface area contributed by atoms with E-state index < -0.39 is 237 Å². The Labute approximate surface area is 614 Å². The molecule has 7 heterocycles. The van der Waals surface area contributed by atoms with Crippen LogP contribution in [-0.4, -0.2) is 190 Å². The number of carboxylic acids is 1. The lowest BCUT2D eigenvalue weighted by atomic mass is 9.86. The van der Waals surface area contributed by atoms with Crippen molar-refractivity contribution in [2.75, 3.05) is 6.61 Å². The number of benzene rings is 5. The lowest BCUT2D eigenvalue weighted by Gasteiger charge is -2.45. The average molecular weight is 1530 g/mol. The number of phenols is 3. The van der Waals surface area contributed by atoms with E-state index in [0.717, 1.165) is 66.7 Å². The first-order valence-electron chi connectivity index (χ1n) is 32.9. The van der Waals surface area contributed by atoms with Crippen molar-refractivity contribution < 1.29 is 136 Å². The summed E-state index contributed by atoms with van der Waals surface area (Å²) in [5, 5.41) is 128. The van der Waals surface area contributed by atoms with Gasteiger partial charge in [-0.1, -0.05) is 69.1 Å². The van der Waals surface area contributed by atoms with Gasteiger partial charge in [0.25, 0.3) is 0 Å². The van der Waals surface area contributed by atoms with E-state index in [-0.39, 0.29) is 64.5 Å². The van der Waals surface area contributed by atoms with Gasteiger partial charge >= 0.3 is 5.97 Å². The molecular weight excluding hydrogens is 1450 g/mol. The molecule has 21 N–H and O–H groups in total. The Hall–Kier alpha value is -9.20. The predicted molar refractivity (Wildman–Crippen MR) is 362 cm³/mol. The highest BCUT2D eigenvalue weighted by Gasteiger charge is 2.52. The molecule has 5 aromatic rings. The van der Waals surface area contributed by atoms with Gasteiger partial charge in [-0.2, -0.15) is 0 Å². The molecule has 18 atom stereocenters. The molecular formula is C69H80Cl3N9O24. The minimum absolute atomic E-state index is 0. The molecule has 33 nitrogen and oxygen atoms in total. The number of amides is 7. The van der Waals surface area contributed by atoms with Crippen LogP contribution in [0.15, 0.2) is 83.9 Å². The first-order valence-corrected chi connectivity index (χ1v) is 33.7. The molecule has 0 aliphatic carbocycles. The van der Waals surface area contributed by atoms with Crippen molar-refractivity contribution in [2.24, 2.45) is 22.6 Å². The number of carboxylic acid groups (broad SMARTS) is 1. The van der Waals surface area contributed by atoms with Crippen molar-refractivity contribution >= 4 is 76.7 Å². The van der Waals surface area contributed by atoms with Crippen LogP contribution in [0.4, 0.5) is 0 Å². The SMILES string of the molecule is CC(C)C=N[C@H](CC(C)C)C(=O)N[C@H]1C(=O)N[C@@H](CC(N)=O)C(=O)N[C@@H]2C(=O)N[C@H]3C(=O)N[C@H](C(=O)N[C@H](C(=O)O)c4cc(O)cc(O)c4-c4cc3ccc4O)[C@H](O)c3ccc(c(Cl)c3)Oc3cc2cc(c3O[C@@H]2O[C@H](CO)[C@@H](O)[C@H](O)[C@H]2O[C@H]2C[C@](C)([NH3+])[C@H](O)[C@H](C)O2)Oc2ccc(cc2Cl)[C@H]1O.[Cl-]. The second kappa shape index (κ2) is 32.7. The number of rotatable bonds is 14. The number of aromatic hydroxyl groups is 3. The topological polar surface area (TPSA) is 532 Å². The first-order chi connectivity index (χ1) is 49.0. The van der Waals surface area contributed by atoms with Gasteiger partial charge in [-0.15, -0.1) is 0 Å². The zero-order chi connectivity index (χ0) is 75.8. The number of nitrogens with two attached hydrogens (primary N) is 1. The van der Waals surface area contributed by atoms with Gasteiger partial charge in [0.05, 0.1) is 35.6 Å². The molecule has 0 spiro atoms. The molecule has 2 fully saturated rings. The minimum atomic E-state index is -2.35. The van der Waals surface area contributed by atoms with Gasteiger partial charge in [0, 0.05) is 29.0 Å². The van der Waals surface area contributed by atoms with E-state index >= 15 is 14.4 Å². The Morgan fingerprint density at radius 2 is 1.33 bits per heavy atom. The number of quaternary nitrogens is 1. The van der Waals surface area contributed by atoms with E-state index in [1.165, 1.54) is 25.3 Å². The van der Waals surface area contributed by atoms with E-state index in [4.69, 9.17) is 57.4 Å². The second-order valence-corrected chi connectivity index (χ2v) is 27.9. The highest BCUT2D eigenvalue weighted by Crippen LogP contribution is 2.50. The Balaban J connectivity index is 0.0000128. The number of nitrogens with zero attached hydrogens (tertiary/aromatic N) is 1. The van der Waals surface area contributed by atoms with E-state index in [0.29, 0.717) is 0 Å². The van der Waals surface area contributed by atoms with Gasteiger partial charge in [0.2, 0.25) is 53.4 Å². The number of carbonyl (C=O) groups is 8. The van der Waals surface area contributed by atoms with E-state index in [9.17, 15) is 75.0 Å². The Bertz CT molecular complexity index is 4210. The zero-order valence-electron chi connectivity index (χ0n) is 56.9. The maximum Gasteiger partial charge on any atom is 0.330 e. The summed E-state index contributed by atoms with van der Waals surface area (Å²) >= 11 is 14.2. The van der Waals surface area contributed by atoms with Gasteiger partial charge in [-0.25, -0.2) is 4.79 Å². The largest absolute Gasteiger partial charge is 1.00 e. The summed E-state index contributed by atoms with van der Waals surface area (Å²) in [7, 11) is 0. The van der Waals surface area contributed by atoms with Crippen LogP contribution in [0.25, 0.3) is 11.1 Å². The number of carbonyl (C=O) groups excluding carboxylic acids is 7. The molecule has 2 saturated heterocycles. The quantitative estimate of drug-likeness (QED) is 0.0530. The van der Waals surface area contributed by atoms with Crippen molar-refractivity contribution in [1.82, 2.24) is 31.9 Å². The fourth-order valence-electron chi connectivity index (χ4n) is 12.7. The number of fused-ring (bicyclic) bond motifs is 15. The number of primary amides is 1. The maximum atomic E-state index is 16.1. The summed E-state index contributed by atoms with van der Waals surface area (Å²) in [6.45, 7) is 9.42. The lowest BCUT2D eigenvalue weighted by molar-refractivity contribution is -0.518. The van der Waals surface area contributed by atoms with E-state index in [1.807, 2.05) is 13.8 Å². The molecule has 566 valence electrons. The molecule has 0 unspecified atom stereocenters. The van der Waals surface area contributed by atoms with Crippen LogP contribution in [0.2, 0.25) is 10.0 Å².